The molecule has 0 spiro atoms. The Morgan fingerprint density at radius 1 is 1.50 bits per heavy atom. The first-order valence-electron chi connectivity index (χ1n) is 8.00. The number of amides is 1. The van der Waals surface area contributed by atoms with Gasteiger partial charge in [-0.25, -0.2) is 4.98 Å². The largest absolute Gasteiger partial charge is 0.384 e. The molecule has 1 aliphatic heterocycles. The van der Waals surface area contributed by atoms with Gasteiger partial charge in [0.1, 0.15) is 0 Å². The van der Waals surface area contributed by atoms with Gasteiger partial charge >= 0.3 is 0 Å². The van der Waals surface area contributed by atoms with Crippen molar-refractivity contribution in [3.63, 3.8) is 0 Å². The minimum Gasteiger partial charge on any atom is -0.384 e. The van der Waals surface area contributed by atoms with E-state index in [0.717, 1.165) is 43.1 Å². The number of methoxy groups -OCH3 is 1. The molecule has 2 rings (SSSR count). The molecule has 5 nitrogen and oxygen atoms in total. The number of carbonyl (C=O) groups is 1. The maximum Gasteiger partial charge on any atom is 0.228 e. The lowest BCUT2D eigenvalue weighted by Crippen LogP contribution is -2.50. The van der Waals surface area contributed by atoms with Gasteiger partial charge in [0.25, 0.3) is 0 Å². The Bertz CT molecular complexity index is 476. The third-order valence-electron chi connectivity index (χ3n) is 4.19. The number of aromatic nitrogens is 1. The quantitative estimate of drug-likeness (QED) is 0.804. The molecule has 0 atom stereocenters. The number of carbonyl (C=O) groups excluding carboxylic acids is 1. The molecule has 6 heteroatoms. The minimum atomic E-state index is -0.370. The standard InChI is InChI=1S/C16H27N3O2S/c1-12(2)14-19-13(10-22-14)4-7-18-15(20)16(11-21-3)5-8-17-9-6-16/h10,12,17H,4-9,11H2,1-3H3,(H,18,20). The zero-order chi connectivity index (χ0) is 16.0. The van der Waals surface area contributed by atoms with Crippen LogP contribution in [0.25, 0.3) is 0 Å². The molecular formula is C16H27N3O2S. The van der Waals surface area contributed by atoms with Crippen LogP contribution >= 0.6 is 11.3 Å². The fourth-order valence-corrected chi connectivity index (χ4v) is 3.68. The summed E-state index contributed by atoms with van der Waals surface area (Å²) in [7, 11) is 1.67. The second-order valence-electron chi connectivity index (χ2n) is 6.30. The van der Waals surface area contributed by atoms with Crippen LogP contribution in [0.15, 0.2) is 5.38 Å². The molecule has 0 aromatic carbocycles. The highest BCUT2D eigenvalue weighted by Crippen LogP contribution is 2.29. The van der Waals surface area contributed by atoms with Crippen molar-refractivity contribution in [2.45, 2.75) is 39.0 Å². The van der Waals surface area contributed by atoms with E-state index in [2.05, 4.69) is 34.8 Å². The van der Waals surface area contributed by atoms with E-state index in [4.69, 9.17) is 4.74 Å². The summed E-state index contributed by atoms with van der Waals surface area (Å²) in [6.45, 7) is 7.18. The first-order chi connectivity index (χ1) is 10.6. The molecule has 2 N–H and O–H groups in total. The van der Waals surface area contributed by atoms with Gasteiger partial charge in [-0.1, -0.05) is 13.8 Å². The molecule has 1 aromatic heterocycles. The van der Waals surface area contributed by atoms with Gasteiger partial charge in [0.05, 0.1) is 22.7 Å². The number of hydrogen-bond acceptors (Lipinski definition) is 5. The Labute approximate surface area is 136 Å². The van der Waals surface area contributed by atoms with E-state index in [-0.39, 0.29) is 11.3 Å². The van der Waals surface area contributed by atoms with Gasteiger partial charge in [-0.2, -0.15) is 0 Å². The van der Waals surface area contributed by atoms with E-state index in [1.54, 1.807) is 18.4 Å². The van der Waals surface area contributed by atoms with Crippen molar-refractivity contribution in [2.24, 2.45) is 5.41 Å². The summed E-state index contributed by atoms with van der Waals surface area (Å²) in [5.41, 5.74) is 0.700. The van der Waals surface area contributed by atoms with Crippen LogP contribution in [0.3, 0.4) is 0 Å². The van der Waals surface area contributed by atoms with Crippen molar-refractivity contribution in [2.75, 3.05) is 33.4 Å². The van der Waals surface area contributed by atoms with Crippen LogP contribution in [0.1, 0.15) is 43.3 Å². The van der Waals surface area contributed by atoms with Crippen molar-refractivity contribution in [3.8, 4) is 0 Å². The molecule has 1 saturated heterocycles. The van der Waals surface area contributed by atoms with Gasteiger partial charge in [-0.05, 0) is 25.9 Å². The van der Waals surface area contributed by atoms with Crippen LogP contribution < -0.4 is 10.6 Å². The summed E-state index contributed by atoms with van der Waals surface area (Å²) in [6.07, 6.45) is 2.46. The van der Waals surface area contributed by atoms with Crippen molar-refractivity contribution in [3.05, 3.63) is 16.1 Å². The van der Waals surface area contributed by atoms with Crippen LogP contribution in [-0.2, 0) is 16.0 Å². The minimum absolute atomic E-state index is 0.121. The SMILES string of the molecule is COCC1(C(=O)NCCc2csc(C(C)C)n2)CCNCC1. The number of ether oxygens (including phenoxy) is 1. The van der Waals surface area contributed by atoms with E-state index in [1.807, 2.05) is 0 Å². The molecular weight excluding hydrogens is 298 g/mol. The van der Waals surface area contributed by atoms with Crippen LogP contribution in [0.5, 0.6) is 0 Å². The van der Waals surface area contributed by atoms with E-state index < -0.39 is 0 Å². The van der Waals surface area contributed by atoms with Crippen molar-refractivity contribution < 1.29 is 9.53 Å². The van der Waals surface area contributed by atoms with Crippen LogP contribution in [0.4, 0.5) is 0 Å². The number of nitrogens with one attached hydrogen (secondary N) is 2. The monoisotopic (exact) mass is 325 g/mol. The summed E-state index contributed by atoms with van der Waals surface area (Å²) < 4.78 is 5.30. The first kappa shape index (κ1) is 17.4. The molecule has 2 heterocycles. The van der Waals surface area contributed by atoms with Crippen LogP contribution in [0, 0.1) is 5.41 Å². The number of rotatable bonds is 7. The zero-order valence-corrected chi connectivity index (χ0v) is 14.6. The number of piperidine rings is 1. The Morgan fingerprint density at radius 3 is 2.82 bits per heavy atom. The average Bonchev–Trinajstić information content (AvgIpc) is 2.97. The van der Waals surface area contributed by atoms with Gasteiger partial charge in [-0.3, -0.25) is 4.79 Å². The Hall–Kier alpha value is -0.980. The normalized spacial score (nSPS) is 17.6. The van der Waals surface area contributed by atoms with Crippen LogP contribution in [-0.4, -0.2) is 44.2 Å². The molecule has 1 aliphatic rings. The van der Waals surface area contributed by atoms with Gasteiger partial charge in [0.15, 0.2) is 0 Å². The molecule has 124 valence electrons. The molecule has 1 aromatic rings. The van der Waals surface area contributed by atoms with Gasteiger partial charge in [0, 0.05) is 31.4 Å². The first-order valence-corrected chi connectivity index (χ1v) is 8.87. The lowest BCUT2D eigenvalue weighted by atomic mass is 9.78. The second kappa shape index (κ2) is 8.04. The maximum absolute atomic E-state index is 12.6. The summed E-state index contributed by atoms with van der Waals surface area (Å²) in [5.74, 6) is 0.586. The van der Waals surface area contributed by atoms with Gasteiger partial charge in [0.2, 0.25) is 5.91 Å². The molecule has 0 bridgehead atoms. The highest BCUT2D eigenvalue weighted by Gasteiger charge is 2.39. The third-order valence-corrected chi connectivity index (χ3v) is 5.39. The number of nitrogens with zero attached hydrogens (tertiary/aromatic N) is 1. The molecule has 0 aliphatic carbocycles. The molecule has 22 heavy (non-hydrogen) atoms. The predicted octanol–water partition coefficient (Wildman–Crippen LogP) is 1.94. The smallest absolute Gasteiger partial charge is 0.228 e. The maximum atomic E-state index is 12.6. The van der Waals surface area contributed by atoms with E-state index >= 15 is 0 Å². The topological polar surface area (TPSA) is 63.2 Å². The molecule has 0 radical (unpaired) electrons. The molecule has 1 amide bonds. The summed E-state index contributed by atoms with van der Waals surface area (Å²) in [6, 6.07) is 0. The zero-order valence-electron chi connectivity index (χ0n) is 13.8. The Kier molecular flexibility index (Phi) is 6.35. The van der Waals surface area contributed by atoms with Gasteiger partial charge < -0.3 is 15.4 Å². The summed E-state index contributed by atoms with van der Waals surface area (Å²) in [4.78, 5) is 17.2. The van der Waals surface area contributed by atoms with Crippen molar-refractivity contribution in [1.82, 2.24) is 15.6 Å². The molecule has 0 saturated carbocycles. The summed E-state index contributed by atoms with van der Waals surface area (Å²) >= 11 is 1.70. The Balaban J connectivity index is 1.85. The Morgan fingerprint density at radius 2 is 2.23 bits per heavy atom. The van der Waals surface area contributed by atoms with E-state index in [1.165, 1.54) is 0 Å². The fourth-order valence-electron chi connectivity index (χ4n) is 2.81. The average molecular weight is 325 g/mol. The van der Waals surface area contributed by atoms with Crippen LogP contribution in [0.2, 0.25) is 0 Å². The van der Waals surface area contributed by atoms with E-state index in [0.29, 0.717) is 19.1 Å². The second-order valence-corrected chi connectivity index (χ2v) is 7.19. The molecule has 1 fully saturated rings. The highest BCUT2D eigenvalue weighted by molar-refractivity contribution is 7.09. The van der Waals surface area contributed by atoms with E-state index in [9.17, 15) is 4.79 Å². The van der Waals surface area contributed by atoms with Crippen molar-refractivity contribution in [1.29, 1.82) is 0 Å². The lowest BCUT2D eigenvalue weighted by molar-refractivity contribution is -0.136. The third kappa shape index (κ3) is 4.27. The lowest BCUT2D eigenvalue weighted by Gasteiger charge is -2.35. The number of thiazole rings is 1. The highest BCUT2D eigenvalue weighted by atomic mass is 32.1. The molecule has 0 unspecified atom stereocenters. The summed E-state index contributed by atoms with van der Waals surface area (Å²) in [5, 5.41) is 9.64. The van der Waals surface area contributed by atoms with Crippen molar-refractivity contribution >= 4 is 17.2 Å². The predicted molar refractivity (Wildman–Crippen MR) is 89.3 cm³/mol. The number of hydrogen-bond donors (Lipinski definition) is 2. The fraction of sp³-hybridized carbons (Fsp3) is 0.750. The van der Waals surface area contributed by atoms with Gasteiger partial charge in [-0.15, -0.1) is 11.3 Å².